The summed E-state index contributed by atoms with van der Waals surface area (Å²) in [5.74, 6) is 0.738. The standard InChI is InChI=1S/C15H16ClN5O2/c1-8-2-5-10(6-11(8)16)17-15(22)20-14-18-12(9-3-4-9)7-13(19-14)21-23/h2,5-7,9,23H,3-4H2,1H3,(H3,17,18,19,20,21,22). The summed E-state index contributed by atoms with van der Waals surface area (Å²) < 4.78 is 0. The van der Waals surface area contributed by atoms with Gasteiger partial charge in [0.15, 0.2) is 5.82 Å². The van der Waals surface area contributed by atoms with Crippen molar-refractivity contribution < 1.29 is 10.0 Å². The molecule has 1 fully saturated rings. The number of aromatic nitrogens is 2. The Hall–Kier alpha value is -2.38. The number of hydrogen-bond acceptors (Lipinski definition) is 5. The molecule has 1 aliphatic carbocycles. The van der Waals surface area contributed by atoms with Gasteiger partial charge in [-0.2, -0.15) is 4.98 Å². The summed E-state index contributed by atoms with van der Waals surface area (Å²) in [4.78, 5) is 20.3. The van der Waals surface area contributed by atoms with Gasteiger partial charge in [0.1, 0.15) is 0 Å². The molecule has 0 bridgehead atoms. The van der Waals surface area contributed by atoms with Crippen LogP contribution >= 0.6 is 11.6 Å². The molecule has 3 rings (SSSR count). The fraction of sp³-hybridized carbons (Fsp3) is 0.267. The Balaban J connectivity index is 1.71. The third-order valence-corrected chi connectivity index (χ3v) is 3.92. The molecular formula is C15H16ClN5O2. The third-order valence-electron chi connectivity index (χ3n) is 3.51. The SMILES string of the molecule is Cc1ccc(NC(=O)Nc2nc(NO)cc(C3CC3)n2)cc1Cl. The first-order valence-corrected chi connectivity index (χ1v) is 7.56. The van der Waals surface area contributed by atoms with E-state index in [0.717, 1.165) is 24.1 Å². The molecule has 7 nitrogen and oxygen atoms in total. The van der Waals surface area contributed by atoms with Crippen molar-refractivity contribution in [2.45, 2.75) is 25.7 Å². The van der Waals surface area contributed by atoms with Crippen molar-refractivity contribution in [2.75, 3.05) is 16.1 Å². The molecule has 1 aromatic carbocycles. The van der Waals surface area contributed by atoms with Gasteiger partial charge in [-0.1, -0.05) is 17.7 Å². The van der Waals surface area contributed by atoms with Crippen LogP contribution in [0.5, 0.6) is 0 Å². The van der Waals surface area contributed by atoms with Gasteiger partial charge in [-0.3, -0.25) is 16.0 Å². The Morgan fingerprint density at radius 3 is 2.70 bits per heavy atom. The smallest absolute Gasteiger partial charge is 0.308 e. The van der Waals surface area contributed by atoms with Crippen molar-refractivity contribution in [1.82, 2.24) is 9.97 Å². The van der Waals surface area contributed by atoms with Gasteiger partial charge in [0.25, 0.3) is 0 Å². The number of nitrogens with one attached hydrogen (secondary N) is 3. The Labute approximate surface area is 138 Å². The number of anilines is 3. The van der Waals surface area contributed by atoms with E-state index >= 15 is 0 Å². The average Bonchev–Trinajstić information content (AvgIpc) is 3.35. The quantitative estimate of drug-likeness (QED) is 0.638. The van der Waals surface area contributed by atoms with Gasteiger partial charge in [0, 0.05) is 22.7 Å². The number of rotatable bonds is 4. The lowest BCUT2D eigenvalue weighted by Gasteiger charge is -2.10. The van der Waals surface area contributed by atoms with Crippen LogP contribution in [-0.2, 0) is 0 Å². The molecule has 0 unspecified atom stereocenters. The molecular weight excluding hydrogens is 318 g/mol. The normalized spacial score (nSPS) is 13.5. The minimum Gasteiger partial charge on any atom is -0.308 e. The Bertz CT molecular complexity index is 749. The second-order valence-corrected chi connectivity index (χ2v) is 5.84. The van der Waals surface area contributed by atoms with Crippen LogP contribution in [0.3, 0.4) is 0 Å². The van der Waals surface area contributed by atoms with Crippen LogP contribution in [0, 0.1) is 6.92 Å². The monoisotopic (exact) mass is 333 g/mol. The number of carbonyl (C=O) groups excluding carboxylic acids is 1. The van der Waals surface area contributed by atoms with E-state index in [2.05, 4.69) is 20.6 Å². The minimum atomic E-state index is -0.484. The summed E-state index contributed by atoms with van der Waals surface area (Å²) in [5, 5.41) is 14.8. The first-order chi connectivity index (χ1) is 11.0. The molecule has 8 heteroatoms. The van der Waals surface area contributed by atoms with Crippen LogP contribution in [0.4, 0.5) is 22.2 Å². The van der Waals surface area contributed by atoms with E-state index in [1.165, 1.54) is 0 Å². The lowest BCUT2D eigenvalue weighted by atomic mass is 10.2. The molecule has 2 amide bonds. The maximum Gasteiger partial charge on any atom is 0.326 e. The number of nitrogens with zero attached hydrogens (tertiary/aromatic N) is 2. The fourth-order valence-electron chi connectivity index (χ4n) is 2.10. The van der Waals surface area contributed by atoms with Crippen LogP contribution < -0.4 is 16.1 Å². The molecule has 2 aromatic rings. The van der Waals surface area contributed by atoms with E-state index in [9.17, 15) is 4.79 Å². The van der Waals surface area contributed by atoms with E-state index in [1.54, 1.807) is 18.2 Å². The predicted octanol–water partition coefficient (Wildman–Crippen LogP) is 3.76. The summed E-state index contributed by atoms with van der Waals surface area (Å²) in [5.41, 5.74) is 4.28. The van der Waals surface area contributed by atoms with Crippen molar-refractivity contribution in [3.05, 3.63) is 40.5 Å². The zero-order valence-corrected chi connectivity index (χ0v) is 13.2. The zero-order chi connectivity index (χ0) is 16.4. The number of aryl methyl sites for hydroxylation is 1. The lowest BCUT2D eigenvalue weighted by Crippen LogP contribution is -2.21. The zero-order valence-electron chi connectivity index (χ0n) is 12.4. The van der Waals surface area contributed by atoms with Crippen molar-refractivity contribution >= 4 is 35.1 Å². The summed E-state index contributed by atoms with van der Waals surface area (Å²) in [6.07, 6.45) is 2.10. The molecule has 0 radical (unpaired) electrons. The molecule has 0 spiro atoms. The molecule has 120 valence electrons. The Kier molecular flexibility index (Phi) is 4.31. The van der Waals surface area contributed by atoms with Gasteiger partial charge in [-0.05, 0) is 37.5 Å². The molecule has 4 N–H and O–H groups in total. The summed E-state index contributed by atoms with van der Waals surface area (Å²) >= 11 is 6.03. The van der Waals surface area contributed by atoms with Crippen LogP contribution in [-0.4, -0.2) is 21.2 Å². The first-order valence-electron chi connectivity index (χ1n) is 7.18. The van der Waals surface area contributed by atoms with Crippen molar-refractivity contribution in [2.24, 2.45) is 0 Å². The minimum absolute atomic E-state index is 0.127. The molecule has 1 aromatic heterocycles. The topological polar surface area (TPSA) is 99.2 Å². The molecule has 1 saturated carbocycles. The summed E-state index contributed by atoms with van der Waals surface area (Å²) in [6, 6.07) is 6.42. The maximum atomic E-state index is 12.0. The Morgan fingerprint density at radius 1 is 1.26 bits per heavy atom. The molecule has 1 heterocycles. The molecule has 0 atom stereocenters. The van der Waals surface area contributed by atoms with E-state index in [0.29, 0.717) is 16.6 Å². The average molecular weight is 334 g/mol. The van der Waals surface area contributed by atoms with Gasteiger partial charge >= 0.3 is 6.03 Å². The van der Waals surface area contributed by atoms with Crippen molar-refractivity contribution in [3.63, 3.8) is 0 Å². The maximum absolute atomic E-state index is 12.0. The molecule has 1 aliphatic rings. The highest BCUT2D eigenvalue weighted by Crippen LogP contribution is 2.39. The van der Waals surface area contributed by atoms with Gasteiger partial charge < -0.3 is 5.32 Å². The molecule has 0 saturated heterocycles. The number of halogens is 1. The number of benzene rings is 1. The third kappa shape index (κ3) is 3.88. The van der Waals surface area contributed by atoms with Crippen LogP contribution in [0.1, 0.15) is 30.0 Å². The number of hydrogen-bond donors (Lipinski definition) is 4. The van der Waals surface area contributed by atoms with E-state index < -0.39 is 6.03 Å². The van der Waals surface area contributed by atoms with E-state index in [1.807, 2.05) is 18.5 Å². The number of carbonyl (C=O) groups is 1. The predicted molar refractivity (Wildman–Crippen MR) is 88.2 cm³/mol. The molecule has 23 heavy (non-hydrogen) atoms. The number of urea groups is 1. The van der Waals surface area contributed by atoms with Crippen LogP contribution in [0.2, 0.25) is 5.02 Å². The van der Waals surface area contributed by atoms with Gasteiger partial charge in [-0.15, -0.1) is 0 Å². The second-order valence-electron chi connectivity index (χ2n) is 5.43. The lowest BCUT2D eigenvalue weighted by molar-refractivity contribution is 0.262. The first kappa shape index (κ1) is 15.5. The van der Waals surface area contributed by atoms with Crippen molar-refractivity contribution in [1.29, 1.82) is 0 Å². The largest absolute Gasteiger partial charge is 0.326 e. The van der Waals surface area contributed by atoms with E-state index in [-0.39, 0.29) is 11.8 Å². The van der Waals surface area contributed by atoms with Gasteiger partial charge in [0.05, 0.1) is 5.69 Å². The van der Waals surface area contributed by atoms with Crippen molar-refractivity contribution in [3.8, 4) is 0 Å². The van der Waals surface area contributed by atoms with Gasteiger partial charge in [-0.25, -0.2) is 9.78 Å². The molecule has 0 aliphatic heterocycles. The van der Waals surface area contributed by atoms with E-state index in [4.69, 9.17) is 16.8 Å². The highest BCUT2D eigenvalue weighted by atomic mass is 35.5. The number of amides is 2. The Morgan fingerprint density at radius 2 is 2.04 bits per heavy atom. The highest BCUT2D eigenvalue weighted by molar-refractivity contribution is 6.31. The van der Waals surface area contributed by atoms with Gasteiger partial charge in [0.2, 0.25) is 5.95 Å². The second kappa shape index (κ2) is 6.39. The summed E-state index contributed by atoms with van der Waals surface area (Å²) in [6.45, 7) is 1.88. The van der Waals surface area contributed by atoms with Crippen LogP contribution in [0.15, 0.2) is 24.3 Å². The van der Waals surface area contributed by atoms with Crippen LogP contribution in [0.25, 0.3) is 0 Å². The summed E-state index contributed by atoms with van der Waals surface area (Å²) in [7, 11) is 0. The fourth-order valence-corrected chi connectivity index (χ4v) is 2.28. The highest BCUT2D eigenvalue weighted by Gasteiger charge is 2.26.